The molecule has 3 aromatic rings. The first-order valence-electron chi connectivity index (χ1n) is 6.25. The molecule has 0 bridgehead atoms. The van der Waals surface area contributed by atoms with E-state index in [4.69, 9.17) is 27.9 Å². The van der Waals surface area contributed by atoms with E-state index < -0.39 is 5.82 Å². The van der Waals surface area contributed by atoms with Crippen molar-refractivity contribution in [1.82, 2.24) is 4.98 Å². The number of benzene rings is 2. The summed E-state index contributed by atoms with van der Waals surface area (Å²) < 4.78 is 19.5. The fraction of sp³-hybridized carbons (Fsp3) is 0.0625. The molecule has 2 nitrogen and oxygen atoms in total. The average molecular weight is 322 g/mol. The van der Waals surface area contributed by atoms with Crippen LogP contribution in [0.1, 0.15) is 5.56 Å². The van der Waals surface area contributed by atoms with E-state index in [0.29, 0.717) is 27.6 Å². The van der Waals surface area contributed by atoms with Gasteiger partial charge in [0.15, 0.2) is 5.75 Å². The van der Waals surface area contributed by atoms with E-state index in [9.17, 15) is 4.39 Å². The summed E-state index contributed by atoms with van der Waals surface area (Å²) in [5.41, 5.74) is 0.938. The van der Waals surface area contributed by atoms with Crippen LogP contribution in [0.25, 0.3) is 10.9 Å². The predicted molar refractivity (Wildman–Crippen MR) is 82.8 cm³/mol. The highest BCUT2D eigenvalue weighted by Crippen LogP contribution is 2.34. The smallest absolute Gasteiger partial charge is 0.153 e. The number of fused-ring (bicyclic) bond motifs is 1. The van der Waals surface area contributed by atoms with Gasteiger partial charge < -0.3 is 4.74 Å². The van der Waals surface area contributed by atoms with Gasteiger partial charge in [-0.05, 0) is 36.4 Å². The summed E-state index contributed by atoms with van der Waals surface area (Å²) in [5.74, 6) is 0.515. The molecule has 1 aromatic heterocycles. The van der Waals surface area contributed by atoms with Gasteiger partial charge in [-0.25, -0.2) is 4.39 Å². The number of rotatable bonds is 3. The Bertz CT molecular complexity index is 807. The first-order chi connectivity index (χ1) is 10.2. The summed E-state index contributed by atoms with van der Waals surface area (Å²) in [6.45, 7) is 0. The van der Waals surface area contributed by atoms with Gasteiger partial charge in [0, 0.05) is 17.1 Å². The standard InChI is InChI=1S/C16H10Cl2FNO/c17-9-11-13(19)4-1-5-14(11)21-15-7-6-12(18)10-3-2-8-20-16(10)15/h1-8H,9H2. The highest BCUT2D eigenvalue weighted by molar-refractivity contribution is 6.35. The van der Waals surface area contributed by atoms with E-state index in [0.717, 1.165) is 5.39 Å². The van der Waals surface area contributed by atoms with Crippen molar-refractivity contribution in [1.29, 1.82) is 0 Å². The molecule has 0 atom stereocenters. The maximum atomic E-state index is 13.7. The number of hydrogen-bond donors (Lipinski definition) is 0. The zero-order valence-electron chi connectivity index (χ0n) is 10.8. The molecule has 0 fully saturated rings. The molecule has 0 saturated carbocycles. The van der Waals surface area contributed by atoms with Crippen LogP contribution in [0.5, 0.6) is 11.5 Å². The van der Waals surface area contributed by atoms with Crippen molar-refractivity contribution in [2.45, 2.75) is 5.88 Å². The van der Waals surface area contributed by atoms with Crippen LogP contribution in [-0.2, 0) is 5.88 Å². The lowest BCUT2D eigenvalue weighted by molar-refractivity contribution is 0.474. The maximum absolute atomic E-state index is 13.7. The second-order valence-electron chi connectivity index (χ2n) is 4.40. The molecule has 0 amide bonds. The van der Waals surface area contributed by atoms with E-state index in [1.54, 1.807) is 36.5 Å². The molecule has 0 saturated heterocycles. The van der Waals surface area contributed by atoms with Gasteiger partial charge in [0.25, 0.3) is 0 Å². The largest absolute Gasteiger partial charge is 0.455 e. The van der Waals surface area contributed by atoms with E-state index >= 15 is 0 Å². The van der Waals surface area contributed by atoms with Crippen molar-refractivity contribution in [2.75, 3.05) is 0 Å². The molecule has 0 aliphatic rings. The van der Waals surface area contributed by atoms with Gasteiger partial charge in [-0.2, -0.15) is 0 Å². The van der Waals surface area contributed by atoms with Crippen molar-refractivity contribution in [3.05, 3.63) is 65.1 Å². The van der Waals surface area contributed by atoms with Gasteiger partial charge in [0.05, 0.1) is 10.9 Å². The highest BCUT2D eigenvalue weighted by Gasteiger charge is 2.12. The minimum atomic E-state index is -0.395. The first-order valence-corrected chi connectivity index (χ1v) is 7.16. The van der Waals surface area contributed by atoms with Gasteiger partial charge >= 0.3 is 0 Å². The monoisotopic (exact) mass is 321 g/mol. The lowest BCUT2D eigenvalue weighted by Crippen LogP contribution is -1.94. The Hall–Kier alpha value is -1.84. The maximum Gasteiger partial charge on any atom is 0.153 e. The molecule has 0 radical (unpaired) electrons. The number of ether oxygens (including phenoxy) is 1. The zero-order chi connectivity index (χ0) is 14.8. The van der Waals surface area contributed by atoms with Crippen LogP contribution < -0.4 is 4.74 Å². The third-order valence-corrected chi connectivity index (χ3v) is 3.71. The minimum Gasteiger partial charge on any atom is -0.455 e. The van der Waals surface area contributed by atoms with Gasteiger partial charge in [-0.15, -0.1) is 11.6 Å². The molecular weight excluding hydrogens is 312 g/mol. The molecule has 0 aliphatic heterocycles. The first kappa shape index (κ1) is 14.1. The van der Waals surface area contributed by atoms with Gasteiger partial charge in [-0.3, -0.25) is 4.98 Å². The van der Waals surface area contributed by atoms with Crippen LogP contribution in [0.3, 0.4) is 0 Å². The lowest BCUT2D eigenvalue weighted by atomic mass is 10.2. The normalized spacial score (nSPS) is 10.8. The molecule has 0 spiro atoms. The van der Waals surface area contributed by atoms with Crippen LogP contribution in [0, 0.1) is 5.82 Å². The number of hydrogen-bond acceptors (Lipinski definition) is 2. The third kappa shape index (κ3) is 2.67. The molecule has 0 unspecified atom stereocenters. The number of alkyl halides is 1. The van der Waals surface area contributed by atoms with E-state index in [2.05, 4.69) is 4.98 Å². The van der Waals surface area contributed by atoms with Crippen LogP contribution in [-0.4, -0.2) is 4.98 Å². The molecule has 0 aliphatic carbocycles. The Morgan fingerprint density at radius 1 is 1.05 bits per heavy atom. The summed E-state index contributed by atoms with van der Waals surface area (Å²) in [6, 6.07) is 11.7. The number of nitrogens with zero attached hydrogens (tertiary/aromatic N) is 1. The molecule has 5 heteroatoms. The molecule has 1 heterocycles. The summed E-state index contributed by atoms with van der Waals surface area (Å²) in [4.78, 5) is 4.28. The Morgan fingerprint density at radius 3 is 2.71 bits per heavy atom. The number of pyridine rings is 1. The third-order valence-electron chi connectivity index (χ3n) is 3.11. The Balaban J connectivity index is 2.11. The second-order valence-corrected chi connectivity index (χ2v) is 5.07. The van der Waals surface area contributed by atoms with Gasteiger partial charge in [0.1, 0.15) is 17.1 Å². The molecule has 106 valence electrons. The van der Waals surface area contributed by atoms with Crippen LogP contribution >= 0.6 is 23.2 Å². The van der Waals surface area contributed by atoms with Crippen molar-refractivity contribution in [3.63, 3.8) is 0 Å². The predicted octanol–water partition coefficient (Wildman–Crippen LogP) is 5.56. The zero-order valence-corrected chi connectivity index (χ0v) is 12.3. The lowest BCUT2D eigenvalue weighted by Gasteiger charge is -2.12. The molecular formula is C16H10Cl2FNO. The topological polar surface area (TPSA) is 22.1 Å². The van der Waals surface area contributed by atoms with Crippen LogP contribution in [0.15, 0.2) is 48.7 Å². The molecule has 21 heavy (non-hydrogen) atoms. The molecule has 3 rings (SSSR count). The summed E-state index contributed by atoms with van der Waals surface area (Å²) in [7, 11) is 0. The minimum absolute atomic E-state index is 0.0287. The SMILES string of the molecule is Fc1cccc(Oc2ccc(Cl)c3cccnc23)c1CCl. The summed E-state index contributed by atoms with van der Waals surface area (Å²) in [5, 5.41) is 1.36. The molecule has 2 aromatic carbocycles. The second kappa shape index (κ2) is 5.88. The van der Waals surface area contributed by atoms with Crippen molar-refractivity contribution < 1.29 is 9.13 Å². The highest BCUT2D eigenvalue weighted by atomic mass is 35.5. The average Bonchev–Trinajstić information content (AvgIpc) is 2.51. The summed E-state index contributed by atoms with van der Waals surface area (Å²) >= 11 is 11.9. The summed E-state index contributed by atoms with van der Waals surface area (Å²) in [6.07, 6.45) is 1.65. The fourth-order valence-corrected chi connectivity index (χ4v) is 2.55. The van der Waals surface area contributed by atoms with Crippen molar-refractivity contribution in [2.24, 2.45) is 0 Å². The quantitative estimate of drug-likeness (QED) is 0.589. The number of halogens is 3. The van der Waals surface area contributed by atoms with Gasteiger partial charge in [0.2, 0.25) is 0 Å². The van der Waals surface area contributed by atoms with Crippen molar-refractivity contribution in [3.8, 4) is 11.5 Å². The van der Waals surface area contributed by atoms with Crippen LogP contribution in [0.2, 0.25) is 5.02 Å². The van der Waals surface area contributed by atoms with E-state index in [1.165, 1.54) is 6.07 Å². The Labute approximate surface area is 131 Å². The van der Waals surface area contributed by atoms with E-state index in [1.807, 2.05) is 6.07 Å². The number of aromatic nitrogens is 1. The Kier molecular flexibility index (Phi) is 3.95. The van der Waals surface area contributed by atoms with Crippen molar-refractivity contribution >= 4 is 34.1 Å². The fourth-order valence-electron chi connectivity index (χ4n) is 2.08. The van der Waals surface area contributed by atoms with Gasteiger partial charge in [-0.1, -0.05) is 17.7 Å². The molecule has 0 N–H and O–H groups in total. The Morgan fingerprint density at radius 2 is 1.90 bits per heavy atom. The van der Waals surface area contributed by atoms with E-state index in [-0.39, 0.29) is 5.88 Å². The van der Waals surface area contributed by atoms with Crippen LogP contribution in [0.4, 0.5) is 4.39 Å².